The molecule has 0 bridgehead atoms. The molecule has 0 amide bonds. The number of ether oxygens (including phenoxy) is 2. The third kappa shape index (κ3) is 4.53. The summed E-state index contributed by atoms with van der Waals surface area (Å²) in [5, 5.41) is 3.04. The molecular formula is C21H22FNO4. The van der Waals surface area contributed by atoms with Crippen LogP contribution in [0.15, 0.2) is 72.1 Å². The first-order valence-corrected chi connectivity index (χ1v) is 8.40. The zero-order chi connectivity index (χ0) is 20.0. The number of rotatable bonds is 7. The number of halogens is 1. The van der Waals surface area contributed by atoms with Gasteiger partial charge < -0.3 is 14.8 Å². The molecule has 0 atom stereocenters. The van der Waals surface area contributed by atoms with Crippen molar-refractivity contribution in [3.63, 3.8) is 0 Å². The van der Waals surface area contributed by atoms with Gasteiger partial charge in [0.1, 0.15) is 19.0 Å². The van der Waals surface area contributed by atoms with Crippen molar-refractivity contribution in [2.24, 2.45) is 0 Å². The second kappa shape index (κ2) is 8.98. The lowest BCUT2D eigenvalue weighted by molar-refractivity contribution is -0.138. The molecule has 0 saturated carbocycles. The maximum atomic E-state index is 13.4. The van der Waals surface area contributed by atoms with Gasteiger partial charge in [0.25, 0.3) is 0 Å². The Morgan fingerprint density at radius 1 is 1.00 bits per heavy atom. The molecule has 1 aromatic carbocycles. The van der Waals surface area contributed by atoms with Crippen LogP contribution in [0, 0.1) is 5.82 Å². The van der Waals surface area contributed by atoms with Crippen LogP contribution in [-0.2, 0) is 19.1 Å². The van der Waals surface area contributed by atoms with Gasteiger partial charge in [0.2, 0.25) is 0 Å². The summed E-state index contributed by atoms with van der Waals surface area (Å²) in [6, 6.07) is 5.63. The van der Waals surface area contributed by atoms with E-state index >= 15 is 0 Å². The molecule has 0 unspecified atom stereocenters. The minimum atomic E-state index is -0.749. The van der Waals surface area contributed by atoms with Gasteiger partial charge in [0.05, 0.1) is 17.1 Å². The zero-order valence-electron chi connectivity index (χ0n) is 15.4. The third-order valence-corrected chi connectivity index (χ3v) is 4.07. The van der Waals surface area contributed by atoms with Gasteiger partial charge in [-0.2, -0.15) is 0 Å². The molecule has 0 aromatic heterocycles. The minimum Gasteiger partial charge on any atom is -0.458 e. The molecule has 0 spiro atoms. The van der Waals surface area contributed by atoms with Gasteiger partial charge in [0.15, 0.2) is 0 Å². The number of allylic oxidation sites excluding steroid dienone is 2. The number of carbonyl (C=O) groups is 2. The molecule has 0 saturated heterocycles. The highest BCUT2D eigenvalue weighted by Gasteiger charge is 2.37. The first-order valence-electron chi connectivity index (χ1n) is 8.40. The van der Waals surface area contributed by atoms with E-state index in [0.29, 0.717) is 17.0 Å². The number of hydrogen-bond acceptors (Lipinski definition) is 5. The lowest BCUT2D eigenvalue weighted by atomic mass is 9.80. The Morgan fingerprint density at radius 2 is 1.44 bits per heavy atom. The highest BCUT2D eigenvalue weighted by molar-refractivity contribution is 5.99. The number of hydrogen-bond donors (Lipinski definition) is 1. The molecule has 1 heterocycles. The molecule has 0 fully saturated rings. The molecule has 1 aromatic rings. The number of nitrogens with one attached hydrogen (secondary N) is 1. The molecule has 142 valence electrons. The molecule has 2 rings (SSSR count). The standard InChI is InChI=1S/C21H22FNO4/c1-5-11-26-20(24)17-13(3)23-14(4)18(21(25)27-12-6-2)19(17)15-7-9-16(22)10-8-15/h5-10,19,23H,1-2,11-12H2,3-4H3. The van der Waals surface area contributed by atoms with Gasteiger partial charge in [-0.3, -0.25) is 0 Å². The van der Waals surface area contributed by atoms with E-state index in [4.69, 9.17) is 9.47 Å². The third-order valence-electron chi connectivity index (χ3n) is 4.07. The predicted molar refractivity (Wildman–Crippen MR) is 100.0 cm³/mol. The summed E-state index contributed by atoms with van der Waals surface area (Å²) in [5.41, 5.74) is 2.21. The summed E-state index contributed by atoms with van der Waals surface area (Å²) in [6.45, 7) is 10.6. The van der Waals surface area contributed by atoms with Gasteiger partial charge >= 0.3 is 11.9 Å². The Labute approximate surface area is 157 Å². The minimum absolute atomic E-state index is 0.0324. The second-order valence-corrected chi connectivity index (χ2v) is 5.96. The molecular weight excluding hydrogens is 349 g/mol. The van der Waals surface area contributed by atoms with Crippen LogP contribution >= 0.6 is 0 Å². The maximum Gasteiger partial charge on any atom is 0.337 e. The van der Waals surface area contributed by atoms with Crippen LogP contribution in [0.2, 0.25) is 0 Å². The molecule has 0 aliphatic carbocycles. The van der Waals surface area contributed by atoms with Crippen LogP contribution in [0.5, 0.6) is 0 Å². The smallest absolute Gasteiger partial charge is 0.337 e. The number of carbonyl (C=O) groups excluding carboxylic acids is 2. The molecule has 6 heteroatoms. The Kier molecular flexibility index (Phi) is 6.71. The lowest BCUT2D eigenvalue weighted by Crippen LogP contribution is -2.32. The van der Waals surface area contributed by atoms with Gasteiger partial charge in [0, 0.05) is 11.4 Å². The summed E-state index contributed by atoms with van der Waals surface area (Å²) in [4.78, 5) is 25.3. The van der Waals surface area contributed by atoms with Gasteiger partial charge in [-0.15, -0.1) is 0 Å². The average Bonchev–Trinajstić information content (AvgIpc) is 2.64. The van der Waals surface area contributed by atoms with Crippen LogP contribution < -0.4 is 5.32 Å². The van der Waals surface area contributed by atoms with Crippen LogP contribution in [-0.4, -0.2) is 25.2 Å². The fourth-order valence-corrected chi connectivity index (χ4v) is 2.95. The van der Waals surface area contributed by atoms with E-state index in [1.54, 1.807) is 13.8 Å². The Balaban J connectivity index is 2.56. The van der Waals surface area contributed by atoms with Crippen molar-refractivity contribution in [2.75, 3.05) is 13.2 Å². The number of benzene rings is 1. The zero-order valence-corrected chi connectivity index (χ0v) is 15.4. The van der Waals surface area contributed by atoms with Crippen molar-refractivity contribution in [3.8, 4) is 0 Å². The summed E-state index contributed by atoms with van der Waals surface area (Å²) in [5.74, 6) is -2.34. The highest BCUT2D eigenvalue weighted by atomic mass is 19.1. The van der Waals surface area contributed by atoms with Crippen molar-refractivity contribution < 1.29 is 23.5 Å². The van der Waals surface area contributed by atoms with Gasteiger partial charge in [-0.1, -0.05) is 37.4 Å². The first kappa shape index (κ1) is 20.2. The molecule has 1 aliphatic heterocycles. The Morgan fingerprint density at radius 3 is 1.85 bits per heavy atom. The van der Waals surface area contributed by atoms with E-state index in [-0.39, 0.29) is 24.4 Å². The summed E-state index contributed by atoms with van der Waals surface area (Å²) in [6.07, 6.45) is 2.91. The van der Waals surface area contributed by atoms with Crippen molar-refractivity contribution in [1.82, 2.24) is 5.32 Å². The summed E-state index contributed by atoms with van der Waals surface area (Å²) in [7, 11) is 0. The maximum absolute atomic E-state index is 13.4. The van der Waals surface area contributed by atoms with Crippen LogP contribution in [0.25, 0.3) is 0 Å². The average molecular weight is 371 g/mol. The largest absolute Gasteiger partial charge is 0.458 e. The fraction of sp³-hybridized carbons (Fsp3) is 0.238. The highest BCUT2D eigenvalue weighted by Crippen LogP contribution is 2.39. The Hall–Kier alpha value is -3.15. The Bertz CT molecular complexity index is 775. The van der Waals surface area contributed by atoms with E-state index in [1.165, 1.54) is 36.4 Å². The summed E-state index contributed by atoms with van der Waals surface area (Å²) < 4.78 is 23.8. The van der Waals surface area contributed by atoms with Crippen molar-refractivity contribution >= 4 is 11.9 Å². The van der Waals surface area contributed by atoms with Gasteiger partial charge in [-0.25, -0.2) is 14.0 Å². The summed E-state index contributed by atoms with van der Waals surface area (Å²) >= 11 is 0. The number of dihydropyridines is 1. The van der Waals surface area contributed by atoms with E-state index < -0.39 is 23.7 Å². The molecule has 1 N–H and O–H groups in total. The second-order valence-electron chi connectivity index (χ2n) is 5.96. The van der Waals surface area contributed by atoms with Crippen LogP contribution in [0.1, 0.15) is 25.3 Å². The molecule has 0 radical (unpaired) electrons. The molecule has 1 aliphatic rings. The first-order chi connectivity index (χ1) is 12.9. The van der Waals surface area contributed by atoms with Crippen molar-refractivity contribution in [2.45, 2.75) is 19.8 Å². The lowest BCUT2D eigenvalue weighted by Gasteiger charge is -2.30. The normalized spacial score (nSPS) is 14.5. The quantitative estimate of drug-likeness (QED) is 0.587. The van der Waals surface area contributed by atoms with E-state index in [2.05, 4.69) is 18.5 Å². The topological polar surface area (TPSA) is 64.6 Å². The van der Waals surface area contributed by atoms with E-state index in [0.717, 1.165) is 0 Å². The predicted octanol–water partition coefficient (Wildman–Crippen LogP) is 3.52. The van der Waals surface area contributed by atoms with Crippen molar-refractivity contribution in [1.29, 1.82) is 0 Å². The van der Waals surface area contributed by atoms with E-state index in [9.17, 15) is 14.0 Å². The van der Waals surface area contributed by atoms with E-state index in [1.807, 2.05) is 0 Å². The van der Waals surface area contributed by atoms with Gasteiger partial charge in [-0.05, 0) is 31.5 Å². The number of esters is 2. The van der Waals surface area contributed by atoms with Crippen molar-refractivity contribution in [3.05, 3.63) is 83.5 Å². The van der Waals surface area contributed by atoms with Crippen LogP contribution in [0.4, 0.5) is 4.39 Å². The monoisotopic (exact) mass is 371 g/mol. The van der Waals surface area contributed by atoms with Crippen LogP contribution in [0.3, 0.4) is 0 Å². The SMILES string of the molecule is C=CCOC(=O)C1=C(C)NC(C)=C(C(=O)OCC=C)C1c1ccc(F)cc1. The molecule has 5 nitrogen and oxygen atoms in total. The molecule has 27 heavy (non-hydrogen) atoms. The fourth-order valence-electron chi connectivity index (χ4n) is 2.95.